The number of phenolic OH excluding ortho intramolecular Hbond substituents is 2. The lowest BCUT2D eigenvalue weighted by atomic mass is 9.71. The van der Waals surface area contributed by atoms with Crippen molar-refractivity contribution >= 4 is 39.2 Å². The van der Waals surface area contributed by atoms with Crippen LogP contribution in [-0.4, -0.2) is 43.7 Å². The van der Waals surface area contributed by atoms with Crippen molar-refractivity contribution in [1.29, 1.82) is 0 Å². The highest BCUT2D eigenvalue weighted by Gasteiger charge is 2.55. The van der Waals surface area contributed by atoms with E-state index < -0.39 is 11.2 Å². The number of nitrogens with zero attached hydrogens (tertiary/aromatic N) is 3. The fraction of sp³-hybridized carbons (Fsp3) is 0.231. The molecule has 2 aliphatic rings. The lowest BCUT2D eigenvalue weighted by molar-refractivity contribution is 0.0905. The fourth-order valence-corrected chi connectivity index (χ4v) is 6.00. The number of hydrogen-bond donors (Lipinski definition) is 2. The maximum atomic E-state index is 14.1. The van der Waals surface area contributed by atoms with E-state index in [4.69, 9.17) is 9.47 Å². The number of aryl methyl sites for hydroxylation is 1. The third-order valence-electron chi connectivity index (χ3n) is 7.01. The van der Waals surface area contributed by atoms with Gasteiger partial charge in [-0.2, -0.15) is 5.10 Å². The Balaban J connectivity index is 1.58. The lowest BCUT2D eigenvalue weighted by Crippen LogP contribution is -2.36. The number of phenols is 2. The van der Waals surface area contributed by atoms with Crippen molar-refractivity contribution in [1.82, 2.24) is 14.8 Å². The predicted octanol–water partition coefficient (Wildman–Crippen LogP) is 4.61. The highest BCUT2D eigenvalue weighted by atomic mass is 32.1. The van der Waals surface area contributed by atoms with E-state index in [1.54, 1.807) is 31.7 Å². The van der Waals surface area contributed by atoms with Gasteiger partial charge in [0.15, 0.2) is 11.6 Å². The molecule has 0 radical (unpaired) electrons. The highest BCUT2D eigenvalue weighted by Crippen LogP contribution is 2.58. The maximum absolute atomic E-state index is 14.1. The van der Waals surface area contributed by atoms with E-state index in [-0.39, 0.29) is 45.5 Å². The van der Waals surface area contributed by atoms with Gasteiger partial charge in [0.1, 0.15) is 39.7 Å². The number of aromatic hydroxyl groups is 2. The molecule has 0 spiro atoms. The number of allylic oxidation sites excluding steroid dienone is 1. The molecule has 0 saturated carbocycles. The Morgan fingerprint density at radius 2 is 1.97 bits per heavy atom. The Labute approximate surface area is 209 Å². The molecule has 36 heavy (non-hydrogen) atoms. The maximum Gasteiger partial charge on any atom is 0.212 e. The quantitative estimate of drug-likeness (QED) is 0.389. The molecule has 2 aromatic heterocycles. The van der Waals surface area contributed by atoms with Crippen molar-refractivity contribution in [2.24, 2.45) is 0 Å². The van der Waals surface area contributed by atoms with Crippen LogP contribution in [0.1, 0.15) is 57.1 Å². The van der Waals surface area contributed by atoms with Gasteiger partial charge in [-0.25, -0.2) is 9.67 Å². The number of carbonyl (C=O) groups excluding carboxylic acids is 2. The molecule has 10 heteroatoms. The molecule has 1 atom stereocenters. The molecule has 0 fully saturated rings. The predicted molar refractivity (Wildman–Crippen MR) is 133 cm³/mol. The van der Waals surface area contributed by atoms with E-state index in [2.05, 4.69) is 10.1 Å². The zero-order chi connectivity index (χ0) is 25.7. The van der Waals surface area contributed by atoms with Gasteiger partial charge in [-0.3, -0.25) is 9.59 Å². The summed E-state index contributed by atoms with van der Waals surface area (Å²) in [5.74, 6) is -0.455. The number of aromatic nitrogens is 3. The molecule has 0 amide bonds. The molecule has 0 saturated heterocycles. The molecular weight excluding hydrogens is 482 g/mol. The molecular formula is C26H21N3O6S. The SMILES string of the molecule is COc1ccc2nc(-n3nc(C)c4c3C=C3Oc5c(C(C)=O)c(O)c(C)c(O)c5C3(C)C4=O)sc2c1. The Hall–Kier alpha value is -4.18. The molecule has 1 aliphatic carbocycles. The van der Waals surface area contributed by atoms with E-state index in [0.29, 0.717) is 27.8 Å². The summed E-state index contributed by atoms with van der Waals surface area (Å²) < 4.78 is 13.9. The van der Waals surface area contributed by atoms with Crippen molar-refractivity contribution in [3.8, 4) is 28.1 Å². The van der Waals surface area contributed by atoms with Gasteiger partial charge < -0.3 is 19.7 Å². The van der Waals surface area contributed by atoms with Gasteiger partial charge in [0.05, 0.1) is 39.8 Å². The molecule has 1 aliphatic heterocycles. The summed E-state index contributed by atoms with van der Waals surface area (Å²) in [5, 5.41) is 26.7. The minimum absolute atomic E-state index is 0.000373. The summed E-state index contributed by atoms with van der Waals surface area (Å²) in [4.78, 5) is 31.2. The second kappa shape index (κ2) is 7.17. The Kier molecular flexibility index (Phi) is 4.44. The van der Waals surface area contributed by atoms with Gasteiger partial charge >= 0.3 is 0 Å². The van der Waals surface area contributed by atoms with Gasteiger partial charge in [-0.05, 0) is 45.9 Å². The second-order valence-corrected chi connectivity index (χ2v) is 10.1. The third-order valence-corrected chi connectivity index (χ3v) is 8.00. The molecule has 6 rings (SSSR count). The first kappa shape index (κ1) is 22.3. The number of thiazole rings is 1. The smallest absolute Gasteiger partial charge is 0.212 e. The molecule has 2 aromatic carbocycles. The van der Waals surface area contributed by atoms with Gasteiger partial charge in [0.2, 0.25) is 5.13 Å². The normalized spacial score (nSPS) is 17.9. The number of ketones is 2. The number of Topliss-reactive ketones (excluding diaryl/α,β-unsaturated/α-hetero) is 2. The van der Waals surface area contributed by atoms with Crippen molar-refractivity contribution in [3.05, 3.63) is 57.6 Å². The molecule has 182 valence electrons. The molecule has 2 N–H and O–H groups in total. The van der Waals surface area contributed by atoms with E-state index in [9.17, 15) is 19.8 Å². The van der Waals surface area contributed by atoms with Crippen LogP contribution in [0.5, 0.6) is 23.0 Å². The molecule has 3 heterocycles. The molecule has 0 bridgehead atoms. The zero-order valence-corrected chi connectivity index (χ0v) is 20.9. The van der Waals surface area contributed by atoms with Crippen LogP contribution in [0, 0.1) is 13.8 Å². The fourth-order valence-electron chi connectivity index (χ4n) is 5.04. The summed E-state index contributed by atoms with van der Waals surface area (Å²) in [6.07, 6.45) is 1.69. The third kappa shape index (κ3) is 2.64. The second-order valence-electron chi connectivity index (χ2n) is 9.11. The molecule has 1 unspecified atom stereocenters. The van der Waals surface area contributed by atoms with Crippen LogP contribution in [-0.2, 0) is 5.41 Å². The van der Waals surface area contributed by atoms with Gasteiger partial charge in [-0.1, -0.05) is 11.3 Å². The van der Waals surface area contributed by atoms with Crippen LogP contribution < -0.4 is 9.47 Å². The van der Waals surface area contributed by atoms with E-state index >= 15 is 0 Å². The minimum Gasteiger partial charge on any atom is -0.507 e. The van der Waals surface area contributed by atoms with Crippen molar-refractivity contribution in [2.75, 3.05) is 7.11 Å². The number of rotatable bonds is 3. The van der Waals surface area contributed by atoms with Crippen LogP contribution in [0.4, 0.5) is 0 Å². The average Bonchev–Trinajstić information content (AvgIpc) is 3.49. The Morgan fingerprint density at radius 1 is 1.22 bits per heavy atom. The minimum atomic E-state index is -1.39. The average molecular weight is 504 g/mol. The largest absolute Gasteiger partial charge is 0.507 e. The van der Waals surface area contributed by atoms with E-state index in [1.165, 1.54) is 25.2 Å². The summed E-state index contributed by atoms with van der Waals surface area (Å²) in [7, 11) is 1.60. The molecule has 4 aromatic rings. The van der Waals surface area contributed by atoms with Crippen molar-refractivity contribution in [3.63, 3.8) is 0 Å². The number of benzene rings is 2. The topological polar surface area (TPSA) is 124 Å². The lowest BCUT2D eigenvalue weighted by Gasteiger charge is -2.27. The van der Waals surface area contributed by atoms with Crippen LogP contribution in [0.15, 0.2) is 24.0 Å². The summed E-state index contributed by atoms with van der Waals surface area (Å²) in [5.41, 5.74) is 0.964. The summed E-state index contributed by atoms with van der Waals surface area (Å²) in [6.45, 7) is 6.18. The first-order chi connectivity index (χ1) is 17.1. The Morgan fingerprint density at radius 3 is 2.67 bits per heavy atom. The van der Waals surface area contributed by atoms with Crippen LogP contribution in [0.3, 0.4) is 0 Å². The van der Waals surface area contributed by atoms with Gasteiger partial charge in [0, 0.05) is 11.6 Å². The highest BCUT2D eigenvalue weighted by molar-refractivity contribution is 7.20. The number of carbonyl (C=O) groups is 2. The summed E-state index contributed by atoms with van der Waals surface area (Å²) >= 11 is 1.40. The van der Waals surface area contributed by atoms with Crippen molar-refractivity contribution in [2.45, 2.75) is 33.1 Å². The van der Waals surface area contributed by atoms with Crippen LogP contribution in [0.25, 0.3) is 21.4 Å². The zero-order valence-electron chi connectivity index (χ0n) is 20.1. The number of fused-ring (bicyclic) bond motifs is 5. The van der Waals surface area contributed by atoms with E-state index in [0.717, 1.165) is 10.2 Å². The molecule has 9 nitrogen and oxygen atoms in total. The van der Waals surface area contributed by atoms with Crippen molar-refractivity contribution < 1.29 is 29.3 Å². The number of ether oxygens (including phenoxy) is 2. The Bertz CT molecular complexity index is 1710. The van der Waals surface area contributed by atoms with E-state index in [1.807, 2.05) is 18.2 Å². The first-order valence-electron chi connectivity index (χ1n) is 11.2. The monoisotopic (exact) mass is 503 g/mol. The van der Waals surface area contributed by atoms with Crippen LogP contribution >= 0.6 is 11.3 Å². The standard InChI is InChI=1S/C26H21N3O6S/c1-10-21(31)19(12(3)30)23-20(22(10)32)26(4)17(35-23)9-15-18(24(26)33)11(2)28-29(15)25-27-14-7-6-13(34-5)8-16(14)36-25/h6-9,31-32H,1-5H3. The number of hydrogen-bond acceptors (Lipinski definition) is 9. The van der Waals surface area contributed by atoms with Gasteiger partial charge in [-0.15, -0.1) is 0 Å². The first-order valence-corrected chi connectivity index (χ1v) is 12.0. The van der Waals surface area contributed by atoms with Gasteiger partial charge in [0.25, 0.3) is 0 Å². The van der Waals surface area contributed by atoms with Crippen LogP contribution in [0.2, 0.25) is 0 Å². The number of methoxy groups -OCH3 is 1. The summed E-state index contributed by atoms with van der Waals surface area (Å²) in [6, 6.07) is 5.57.